The summed E-state index contributed by atoms with van der Waals surface area (Å²) in [5.41, 5.74) is 0.741. The molecule has 2 aliphatic rings. The Balaban J connectivity index is 1.59. The van der Waals surface area contributed by atoms with Crippen LogP contribution in [-0.2, 0) is 9.59 Å². The van der Waals surface area contributed by atoms with Gasteiger partial charge in [0.15, 0.2) is 0 Å². The van der Waals surface area contributed by atoms with E-state index in [0.717, 1.165) is 23.7 Å². The summed E-state index contributed by atoms with van der Waals surface area (Å²) in [6, 6.07) is 5.18. The Morgan fingerprint density at radius 1 is 1.32 bits per heavy atom. The summed E-state index contributed by atoms with van der Waals surface area (Å²) in [5, 5.41) is 1.84. The fourth-order valence-electron chi connectivity index (χ4n) is 3.06. The molecular weight excluding hydrogens is 406 g/mol. The highest BCUT2D eigenvalue weighted by atomic mass is 79.9. The number of amides is 2. The number of halogens is 1. The molecule has 5 nitrogen and oxygen atoms in total. The van der Waals surface area contributed by atoms with Gasteiger partial charge in [-0.15, -0.1) is 0 Å². The van der Waals surface area contributed by atoms with E-state index in [1.807, 2.05) is 0 Å². The lowest BCUT2D eigenvalue weighted by molar-refractivity contribution is -0.134. The van der Waals surface area contributed by atoms with Gasteiger partial charge in [0.1, 0.15) is 5.75 Å². The smallest absolute Gasteiger partial charge is 0.311 e. The number of carbonyl (C=O) groups is 3. The van der Waals surface area contributed by atoms with Crippen LogP contribution in [-0.4, -0.2) is 17.1 Å². The van der Waals surface area contributed by atoms with Gasteiger partial charge in [-0.2, -0.15) is 0 Å². The molecular formula is C18H18BrNO4S. The molecule has 132 valence electrons. The molecule has 1 saturated carbocycles. The molecule has 0 atom stereocenters. The summed E-state index contributed by atoms with van der Waals surface area (Å²) >= 11 is 4.26. The molecule has 1 aromatic rings. The Kier molecular flexibility index (Phi) is 5.96. The largest absolute Gasteiger partial charge is 0.425 e. The second-order valence-electron chi connectivity index (χ2n) is 6.21. The topological polar surface area (TPSA) is 72.5 Å². The van der Waals surface area contributed by atoms with E-state index in [1.54, 1.807) is 24.3 Å². The highest BCUT2D eigenvalue weighted by molar-refractivity contribution is 9.10. The lowest BCUT2D eigenvalue weighted by Gasteiger charge is -2.10. The predicted octanol–water partition coefficient (Wildman–Crippen LogP) is 4.65. The van der Waals surface area contributed by atoms with Crippen LogP contribution in [0.25, 0.3) is 6.08 Å². The van der Waals surface area contributed by atoms with Crippen molar-refractivity contribution in [1.29, 1.82) is 0 Å². The first-order valence-corrected chi connectivity index (χ1v) is 9.87. The number of nitrogens with one attached hydrogen (secondary N) is 1. The summed E-state index contributed by atoms with van der Waals surface area (Å²) in [6.45, 7) is 0. The maximum atomic E-state index is 12.0. The summed E-state index contributed by atoms with van der Waals surface area (Å²) in [7, 11) is 0. The average molecular weight is 424 g/mol. The van der Waals surface area contributed by atoms with Crippen molar-refractivity contribution in [2.24, 2.45) is 5.92 Å². The number of benzene rings is 1. The van der Waals surface area contributed by atoms with E-state index < -0.39 is 5.91 Å². The van der Waals surface area contributed by atoms with Gasteiger partial charge in [-0.1, -0.05) is 31.7 Å². The Labute approximate surface area is 158 Å². The Morgan fingerprint density at radius 2 is 2.08 bits per heavy atom. The maximum Gasteiger partial charge on any atom is 0.311 e. The van der Waals surface area contributed by atoms with E-state index in [0.29, 0.717) is 27.5 Å². The second-order valence-corrected chi connectivity index (χ2v) is 8.07. The molecule has 25 heavy (non-hydrogen) atoms. The molecule has 1 N–H and O–H groups in total. The molecule has 2 fully saturated rings. The standard InChI is InChI=1S/C18H18BrNO4S/c19-13-9-12(10-15-17(22)20-18(23)25-15)5-7-14(13)24-16(21)8-6-11-3-1-2-4-11/h5,7,9-11H,1-4,6,8H2,(H,20,22,23). The van der Waals surface area contributed by atoms with Crippen molar-refractivity contribution in [3.8, 4) is 5.75 Å². The number of imide groups is 1. The fourth-order valence-corrected chi connectivity index (χ4v) is 4.22. The Morgan fingerprint density at radius 3 is 2.72 bits per heavy atom. The zero-order chi connectivity index (χ0) is 17.8. The van der Waals surface area contributed by atoms with Gasteiger partial charge in [-0.05, 0) is 63.8 Å². The van der Waals surface area contributed by atoms with Gasteiger partial charge in [0.25, 0.3) is 11.1 Å². The SMILES string of the molecule is O=C(CCC1CCCC1)Oc1ccc(C=C2SC(=O)NC2=O)cc1Br. The third-order valence-corrected chi connectivity index (χ3v) is 5.78. The summed E-state index contributed by atoms with van der Waals surface area (Å²) in [6.07, 6.45) is 7.92. The molecule has 0 aromatic heterocycles. The molecule has 3 rings (SSSR count). The van der Waals surface area contributed by atoms with Crippen LogP contribution in [0, 0.1) is 5.92 Å². The van der Waals surface area contributed by atoms with Crippen LogP contribution in [0.4, 0.5) is 4.79 Å². The van der Waals surface area contributed by atoms with Crippen molar-refractivity contribution in [2.45, 2.75) is 38.5 Å². The third-order valence-electron chi connectivity index (χ3n) is 4.35. The molecule has 1 aromatic carbocycles. The first-order chi connectivity index (χ1) is 12.0. The predicted molar refractivity (Wildman–Crippen MR) is 100 cm³/mol. The first kappa shape index (κ1) is 18.2. The van der Waals surface area contributed by atoms with E-state index >= 15 is 0 Å². The van der Waals surface area contributed by atoms with E-state index in [9.17, 15) is 14.4 Å². The maximum absolute atomic E-state index is 12.0. The van der Waals surface area contributed by atoms with Crippen LogP contribution in [0.1, 0.15) is 44.1 Å². The van der Waals surface area contributed by atoms with Crippen molar-refractivity contribution in [2.75, 3.05) is 0 Å². The van der Waals surface area contributed by atoms with Gasteiger partial charge in [-0.25, -0.2) is 0 Å². The van der Waals surface area contributed by atoms with Gasteiger partial charge in [0.05, 0.1) is 9.38 Å². The molecule has 1 aliphatic heterocycles. The van der Waals surface area contributed by atoms with Crippen molar-refractivity contribution < 1.29 is 19.1 Å². The van der Waals surface area contributed by atoms with Gasteiger partial charge < -0.3 is 4.74 Å². The van der Waals surface area contributed by atoms with Crippen LogP contribution in [0.3, 0.4) is 0 Å². The van der Waals surface area contributed by atoms with Gasteiger partial charge >= 0.3 is 5.97 Å². The molecule has 0 unspecified atom stereocenters. The number of ether oxygens (including phenoxy) is 1. The summed E-state index contributed by atoms with van der Waals surface area (Å²) in [4.78, 5) is 35.1. The van der Waals surface area contributed by atoms with Crippen LogP contribution in [0.2, 0.25) is 0 Å². The van der Waals surface area contributed by atoms with Gasteiger partial charge in [0, 0.05) is 6.42 Å². The number of carbonyl (C=O) groups excluding carboxylic acids is 3. The molecule has 1 heterocycles. The van der Waals surface area contributed by atoms with Gasteiger partial charge in [0.2, 0.25) is 0 Å². The third kappa shape index (κ3) is 4.95. The van der Waals surface area contributed by atoms with E-state index in [4.69, 9.17) is 4.74 Å². The number of esters is 1. The van der Waals surface area contributed by atoms with Crippen LogP contribution in [0.15, 0.2) is 27.6 Å². The van der Waals surface area contributed by atoms with Crippen molar-refractivity contribution in [3.05, 3.63) is 33.1 Å². The molecule has 7 heteroatoms. The Bertz CT molecular complexity index is 741. The average Bonchev–Trinajstić information content (AvgIpc) is 3.18. The second kappa shape index (κ2) is 8.19. The van der Waals surface area contributed by atoms with Crippen LogP contribution >= 0.6 is 27.7 Å². The number of thioether (sulfide) groups is 1. The lowest BCUT2D eigenvalue weighted by Crippen LogP contribution is -2.17. The summed E-state index contributed by atoms with van der Waals surface area (Å²) in [5.74, 6) is 0.490. The van der Waals surface area contributed by atoms with E-state index in [1.165, 1.54) is 25.7 Å². The minimum absolute atomic E-state index is 0.227. The number of hydrogen-bond acceptors (Lipinski definition) is 5. The minimum atomic E-state index is -0.395. The minimum Gasteiger partial charge on any atom is -0.425 e. The zero-order valence-corrected chi connectivity index (χ0v) is 16.0. The van der Waals surface area contributed by atoms with Crippen molar-refractivity contribution >= 4 is 50.9 Å². The molecule has 1 aliphatic carbocycles. The molecule has 2 amide bonds. The molecule has 0 radical (unpaired) electrons. The van der Waals surface area contributed by atoms with Crippen LogP contribution < -0.4 is 10.1 Å². The van der Waals surface area contributed by atoms with Crippen molar-refractivity contribution in [3.63, 3.8) is 0 Å². The van der Waals surface area contributed by atoms with E-state index in [2.05, 4.69) is 21.2 Å². The highest BCUT2D eigenvalue weighted by Gasteiger charge is 2.25. The van der Waals surface area contributed by atoms with Crippen LogP contribution in [0.5, 0.6) is 5.75 Å². The summed E-state index contributed by atoms with van der Waals surface area (Å²) < 4.78 is 6.05. The lowest BCUT2D eigenvalue weighted by atomic mass is 10.0. The van der Waals surface area contributed by atoms with Crippen molar-refractivity contribution in [1.82, 2.24) is 5.32 Å². The first-order valence-electron chi connectivity index (χ1n) is 8.26. The normalized spacial score (nSPS) is 19.5. The molecule has 1 saturated heterocycles. The zero-order valence-electron chi connectivity index (χ0n) is 13.5. The highest BCUT2D eigenvalue weighted by Crippen LogP contribution is 2.31. The quantitative estimate of drug-likeness (QED) is 0.423. The number of rotatable bonds is 5. The molecule has 0 spiro atoms. The number of hydrogen-bond donors (Lipinski definition) is 1. The van der Waals surface area contributed by atoms with E-state index in [-0.39, 0.29) is 11.2 Å². The van der Waals surface area contributed by atoms with Gasteiger partial charge in [-0.3, -0.25) is 19.7 Å². The Hall–Kier alpha value is -1.60. The fraction of sp³-hybridized carbons (Fsp3) is 0.389. The monoisotopic (exact) mass is 423 g/mol. The molecule has 0 bridgehead atoms.